The molecule has 0 aromatic heterocycles. The number of ketones is 1. The van der Waals surface area contributed by atoms with Gasteiger partial charge in [0.2, 0.25) is 6.41 Å². The highest BCUT2D eigenvalue weighted by Gasteiger charge is 2.11. The van der Waals surface area contributed by atoms with Crippen LogP contribution in [0.5, 0.6) is 0 Å². The van der Waals surface area contributed by atoms with Gasteiger partial charge in [0.25, 0.3) is 0 Å². The van der Waals surface area contributed by atoms with Gasteiger partial charge in [-0.1, -0.05) is 42.3 Å². The lowest BCUT2D eigenvalue weighted by Crippen LogP contribution is -2.09. The number of carbonyl (C=O) groups is 2. The van der Waals surface area contributed by atoms with Crippen LogP contribution in [-0.2, 0) is 20.7 Å². The van der Waals surface area contributed by atoms with Crippen LogP contribution in [0.2, 0.25) is 0 Å². The van der Waals surface area contributed by atoms with Crippen molar-refractivity contribution in [2.45, 2.75) is 33.1 Å². The molecule has 0 bridgehead atoms. The van der Waals surface area contributed by atoms with Gasteiger partial charge in [-0.15, -0.1) is 0 Å². The van der Waals surface area contributed by atoms with Crippen LogP contribution in [0.15, 0.2) is 22.7 Å². The zero-order valence-corrected chi connectivity index (χ0v) is 13.8. The number of halogens is 1. The largest absolute Gasteiger partial charge is 0.384 e. The predicted molar refractivity (Wildman–Crippen MR) is 85.0 cm³/mol. The summed E-state index contributed by atoms with van der Waals surface area (Å²) in [7, 11) is 1.56. The average molecular weight is 344 g/mol. The van der Waals surface area contributed by atoms with E-state index in [0.717, 1.165) is 10.0 Å². The Labute approximate surface area is 129 Å². The fourth-order valence-corrected chi connectivity index (χ4v) is 1.94. The minimum Gasteiger partial charge on any atom is -0.384 e. The summed E-state index contributed by atoms with van der Waals surface area (Å²) in [5, 5.41) is 2.58. The number of ether oxygens (including phenoxy) is 1. The second-order valence-electron chi connectivity index (χ2n) is 4.19. The molecule has 1 N–H and O–H groups in total. The second kappa shape index (κ2) is 11.6. The van der Waals surface area contributed by atoms with E-state index in [2.05, 4.69) is 35.1 Å². The topological polar surface area (TPSA) is 55.4 Å². The lowest BCUT2D eigenvalue weighted by molar-refractivity contribution is -0.119. The molecule has 1 rings (SSSR count). The van der Waals surface area contributed by atoms with E-state index >= 15 is 0 Å². The van der Waals surface area contributed by atoms with Crippen molar-refractivity contribution in [1.82, 2.24) is 0 Å². The first-order valence-corrected chi connectivity index (χ1v) is 7.38. The molecule has 1 aromatic carbocycles. The van der Waals surface area contributed by atoms with E-state index in [4.69, 9.17) is 4.74 Å². The molecule has 0 fully saturated rings. The number of Topliss-reactive ketones (excluding diaryl/α,β-unsaturated/α-hetero) is 1. The first kappa shape index (κ1) is 18.8. The monoisotopic (exact) mass is 343 g/mol. The highest BCUT2D eigenvalue weighted by Crippen LogP contribution is 2.25. The number of amides is 1. The van der Waals surface area contributed by atoms with E-state index < -0.39 is 0 Å². The summed E-state index contributed by atoms with van der Waals surface area (Å²) in [6, 6.07) is 5.41. The first-order chi connectivity index (χ1) is 9.60. The van der Waals surface area contributed by atoms with E-state index in [-0.39, 0.29) is 12.2 Å². The molecule has 0 aliphatic heterocycles. The van der Waals surface area contributed by atoms with Gasteiger partial charge in [-0.3, -0.25) is 9.59 Å². The summed E-state index contributed by atoms with van der Waals surface area (Å²) in [5.74, 6) is 0.0766. The number of carbonyl (C=O) groups excluding carboxylic acids is 2. The standard InChI is InChI=1S/C12H14BrNO3.C3H8/c1-17-6-5-9(16)7-10-11(13)3-2-4-12(10)14-8-15;1-3-2/h2-4,8H,5-7H2,1H3,(H,14,15);3H2,1-2H3. The van der Waals surface area contributed by atoms with Crippen LogP contribution in [0.4, 0.5) is 5.69 Å². The Morgan fingerprint density at radius 2 is 2.05 bits per heavy atom. The van der Waals surface area contributed by atoms with Gasteiger partial charge in [-0.2, -0.15) is 0 Å². The third kappa shape index (κ3) is 7.40. The Morgan fingerprint density at radius 3 is 2.60 bits per heavy atom. The molecule has 0 spiro atoms. The van der Waals surface area contributed by atoms with Gasteiger partial charge in [-0.25, -0.2) is 0 Å². The van der Waals surface area contributed by atoms with Crippen LogP contribution in [0, 0.1) is 0 Å². The molecule has 0 atom stereocenters. The molecule has 0 heterocycles. The Balaban J connectivity index is 0.00000110. The zero-order valence-electron chi connectivity index (χ0n) is 12.2. The second-order valence-corrected chi connectivity index (χ2v) is 5.05. The maximum absolute atomic E-state index is 11.7. The maximum Gasteiger partial charge on any atom is 0.211 e. The number of nitrogens with one attached hydrogen (secondary N) is 1. The van der Waals surface area contributed by atoms with Crippen LogP contribution in [0.3, 0.4) is 0 Å². The van der Waals surface area contributed by atoms with Crippen LogP contribution in [0.25, 0.3) is 0 Å². The summed E-state index contributed by atoms with van der Waals surface area (Å²) in [6.45, 7) is 4.67. The first-order valence-electron chi connectivity index (χ1n) is 6.58. The number of hydrogen-bond donors (Lipinski definition) is 1. The van der Waals surface area contributed by atoms with Gasteiger partial charge in [0, 0.05) is 30.1 Å². The van der Waals surface area contributed by atoms with Crippen molar-refractivity contribution in [3.05, 3.63) is 28.2 Å². The van der Waals surface area contributed by atoms with Crippen LogP contribution in [0.1, 0.15) is 32.3 Å². The van der Waals surface area contributed by atoms with Crippen LogP contribution in [-0.4, -0.2) is 25.9 Å². The number of benzene rings is 1. The van der Waals surface area contributed by atoms with Gasteiger partial charge in [-0.05, 0) is 17.7 Å². The molecule has 1 amide bonds. The molecule has 0 unspecified atom stereocenters. The van der Waals surface area contributed by atoms with E-state index in [1.54, 1.807) is 19.2 Å². The van der Waals surface area contributed by atoms with Crippen molar-refractivity contribution >= 4 is 33.8 Å². The molecule has 5 heteroatoms. The third-order valence-corrected chi connectivity index (χ3v) is 3.04. The lowest BCUT2D eigenvalue weighted by atomic mass is 10.1. The van der Waals surface area contributed by atoms with Gasteiger partial charge in [0.05, 0.1) is 6.61 Å². The number of methoxy groups -OCH3 is 1. The van der Waals surface area contributed by atoms with E-state index in [0.29, 0.717) is 25.1 Å². The molecule has 112 valence electrons. The van der Waals surface area contributed by atoms with E-state index in [1.807, 2.05) is 6.07 Å². The van der Waals surface area contributed by atoms with Crippen LogP contribution >= 0.6 is 15.9 Å². The molecule has 20 heavy (non-hydrogen) atoms. The van der Waals surface area contributed by atoms with Gasteiger partial charge in [0.15, 0.2) is 0 Å². The molecular weight excluding hydrogens is 322 g/mol. The minimum absolute atomic E-state index is 0.0766. The Bertz CT molecular complexity index is 422. The molecule has 0 aliphatic rings. The zero-order chi connectivity index (χ0) is 15.4. The van der Waals surface area contributed by atoms with Crippen molar-refractivity contribution in [2.24, 2.45) is 0 Å². The smallest absolute Gasteiger partial charge is 0.211 e. The molecule has 0 radical (unpaired) electrons. The predicted octanol–water partition coefficient (Wildman–Crippen LogP) is 3.58. The minimum atomic E-state index is 0.0766. The molecule has 0 saturated heterocycles. The molecule has 0 saturated carbocycles. The third-order valence-electron chi connectivity index (χ3n) is 2.29. The molecule has 4 nitrogen and oxygen atoms in total. The fraction of sp³-hybridized carbons (Fsp3) is 0.467. The van der Waals surface area contributed by atoms with Gasteiger partial charge >= 0.3 is 0 Å². The van der Waals surface area contributed by atoms with Gasteiger partial charge in [0.1, 0.15) is 5.78 Å². The summed E-state index contributed by atoms with van der Waals surface area (Å²) < 4.78 is 5.67. The van der Waals surface area contributed by atoms with Crippen molar-refractivity contribution in [3.8, 4) is 0 Å². The Morgan fingerprint density at radius 1 is 1.40 bits per heavy atom. The van der Waals surface area contributed by atoms with E-state index in [9.17, 15) is 9.59 Å². The van der Waals surface area contributed by atoms with Gasteiger partial charge < -0.3 is 10.1 Å². The SMILES string of the molecule is CCC.COCCC(=O)Cc1c(Br)cccc1NC=O. The Hall–Kier alpha value is -1.20. The van der Waals surface area contributed by atoms with Crippen LogP contribution < -0.4 is 5.32 Å². The highest BCUT2D eigenvalue weighted by molar-refractivity contribution is 9.10. The summed E-state index contributed by atoms with van der Waals surface area (Å²) >= 11 is 3.37. The summed E-state index contributed by atoms with van der Waals surface area (Å²) in [5.41, 5.74) is 1.45. The lowest BCUT2D eigenvalue weighted by Gasteiger charge is -2.09. The van der Waals surface area contributed by atoms with Crippen molar-refractivity contribution in [3.63, 3.8) is 0 Å². The maximum atomic E-state index is 11.7. The number of hydrogen-bond acceptors (Lipinski definition) is 3. The highest BCUT2D eigenvalue weighted by atomic mass is 79.9. The number of rotatable bonds is 7. The van der Waals surface area contributed by atoms with Crippen molar-refractivity contribution in [2.75, 3.05) is 19.0 Å². The van der Waals surface area contributed by atoms with Crippen molar-refractivity contribution < 1.29 is 14.3 Å². The quantitative estimate of drug-likeness (QED) is 0.769. The molecule has 0 aliphatic carbocycles. The summed E-state index contributed by atoms with van der Waals surface area (Å²) in [6.07, 6.45) is 2.50. The van der Waals surface area contributed by atoms with E-state index in [1.165, 1.54) is 6.42 Å². The summed E-state index contributed by atoms with van der Waals surface area (Å²) in [4.78, 5) is 22.1. The normalized spacial score (nSPS) is 9.40. The fourth-order valence-electron chi connectivity index (χ4n) is 1.44. The average Bonchev–Trinajstić information content (AvgIpc) is 2.41. The molecule has 1 aromatic rings. The Kier molecular flexibility index (Phi) is 10.9. The van der Waals surface area contributed by atoms with Crippen molar-refractivity contribution in [1.29, 1.82) is 0 Å². The molecular formula is C15H22BrNO3. The number of anilines is 1.